The molecule has 10 heteroatoms. The molecule has 0 spiro atoms. The topological polar surface area (TPSA) is 95.6 Å². The molecule has 2 aromatic heterocycles. The average Bonchev–Trinajstić information content (AvgIpc) is 3.21. The van der Waals surface area contributed by atoms with E-state index in [1.807, 2.05) is 25.3 Å². The van der Waals surface area contributed by atoms with Crippen LogP contribution in [0.1, 0.15) is 30.0 Å². The van der Waals surface area contributed by atoms with Crippen LogP contribution in [0.4, 0.5) is 0 Å². The average molecular weight is 437 g/mol. The number of rotatable bonds is 7. The normalized spacial score (nSPS) is 12.8. The Bertz CT molecular complexity index is 1220. The first-order valence-electron chi connectivity index (χ1n) is 9.29. The maximum atomic E-state index is 12.8. The van der Waals surface area contributed by atoms with E-state index in [4.69, 9.17) is 4.74 Å². The smallest absolute Gasteiger partial charge is 0.297 e. The second kappa shape index (κ2) is 8.60. The van der Waals surface area contributed by atoms with Gasteiger partial charge in [-0.25, -0.2) is 8.42 Å². The Balaban J connectivity index is 2.14. The van der Waals surface area contributed by atoms with E-state index >= 15 is 0 Å². The number of carbonyl (C=O) groups is 1. The van der Waals surface area contributed by atoms with Crippen molar-refractivity contribution in [2.75, 3.05) is 19.5 Å². The molecule has 156 valence electrons. The Morgan fingerprint density at radius 1 is 1.28 bits per heavy atom. The van der Waals surface area contributed by atoms with Crippen molar-refractivity contribution in [3.8, 4) is 0 Å². The van der Waals surface area contributed by atoms with Crippen molar-refractivity contribution in [2.24, 2.45) is 4.99 Å². The number of amides is 1. The summed E-state index contributed by atoms with van der Waals surface area (Å²) in [6.07, 6.45) is 1.17. The zero-order chi connectivity index (χ0) is 21.2. The summed E-state index contributed by atoms with van der Waals surface area (Å²) in [4.78, 5) is 17.9. The number of benzene rings is 1. The minimum Gasteiger partial charge on any atom is -0.380 e. The molecule has 0 radical (unpaired) electrons. The molecule has 0 aliphatic heterocycles. The van der Waals surface area contributed by atoms with Crippen LogP contribution >= 0.6 is 11.3 Å². The van der Waals surface area contributed by atoms with Gasteiger partial charge >= 0.3 is 0 Å². The fourth-order valence-electron chi connectivity index (χ4n) is 2.99. The summed E-state index contributed by atoms with van der Waals surface area (Å²) in [5, 5.41) is 4.30. The van der Waals surface area contributed by atoms with Gasteiger partial charge in [-0.3, -0.25) is 9.48 Å². The highest BCUT2D eigenvalue weighted by Gasteiger charge is 2.15. The highest BCUT2D eigenvalue weighted by atomic mass is 32.2. The molecule has 3 aromatic rings. The molecule has 3 rings (SSSR count). The number of carbonyl (C=O) groups excluding carboxylic acids is 1. The zero-order valence-corrected chi connectivity index (χ0v) is 18.5. The van der Waals surface area contributed by atoms with E-state index in [0.717, 1.165) is 15.9 Å². The highest BCUT2D eigenvalue weighted by molar-refractivity contribution is 7.90. The lowest BCUT2D eigenvalue weighted by atomic mass is 10.3. The summed E-state index contributed by atoms with van der Waals surface area (Å²) < 4.78 is 33.5. The second-order valence-electron chi connectivity index (χ2n) is 6.54. The van der Waals surface area contributed by atoms with Crippen LogP contribution in [-0.2, 0) is 27.7 Å². The molecule has 29 heavy (non-hydrogen) atoms. The number of aromatic nitrogens is 3. The van der Waals surface area contributed by atoms with Crippen LogP contribution in [0.3, 0.4) is 0 Å². The lowest BCUT2D eigenvalue weighted by Crippen LogP contribution is -2.20. The first-order valence-corrected chi connectivity index (χ1v) is 12.0. The van der Waals surface area contributed by atoms with Gasteiger partial charge in [0.1, 0.15) is 5.69 Å². The standard InChI is InChI=1S/C19H24N4O4S2/c1-5-23-16(11-13(3)21-23)18(24)20-19-22(9-10-27-6-2)15-8-7-14(29(4,25)26)12-17(15)28-19/h7-8,11-12H,5-6,9-10H2,1-4H3. The van der Waals surface area contributed by atoms with Crippen LogP contribution in [0.5, 0.6) is 0 Å². The van der Waals surface area contributed by atoms with Gasteiger partial charge in [-0.05, 0) is 45.0 Å². The van der Waals surface area contributed by atoms with Crippen LogP contribution in [0.15, 0.2) is 34.2 Å². The van der Waals surface area contributed by atoms with E-state index in [9.17, 15) is 13.2 Å². The molecular weight excluding hydrogens is 412 g/mol. The zero-order valence-electron chi connectivity index (χ0n) is 16.9. The third kappa shape index (κ3) is 4.65. The molecule has 1 amide bonds. The van der Waals surface area contributed by atoms with Gasteiger partial charge < -0.3 is 9.30 Å². The molecule has 1 aromatic carbocycles. The Morgan fingerprint density at radius 2 is 2.03 bits per heavy atom. The van der Waals surface area contributed by atoms with Crippen molar-refractivity contribution in [2.45, 2.75) is 38.8 Å². The monoisotopic (exact) mass is 436 g/mol. The van der Waals surface area contributed by atoms with Crippen molar-refractivity contribution in [3.05, 3.63) is 40.5 Å². The van der Waals surface area contributed by atoms with Gasteiger partial charge in [-0.1, -0.05) is 11.3 Å². The number of hydrogen-bond donors (Lipinski definition) is 0. The Hall–Kier alpha value is -2.30. The largest absolute Gasteiger partial charge is 0.380 e. The number of nitrogens with zero attached hydrogens (tertiary/aromatic N) is 4. The minimum atomic E-state index is -3.33. The molecular formula is C19H24N4O4S2. The minimum absolute atomic E-state index is 0.237. The van der Waals surface area contributed by atoms with Gasteiger partial charge in [0, 0.05) is 26.0 Å². The fraction of sp³-hybridized carbons (Fsp3) is 0.421. The number of hydrogen-bond acceptors (Lipinski definition) is 6. The Morgan fingerprint density at radius 3 is 2.69 bits per heavy atom. The molecule has 0 fully saturated rings. The lowest BCUT2D eigenvalue weighted by Gasteiger charge is -2.06. The van der Waals surface area contributed by atoms with E-state index in [-0.39, 0.29) is 10.8 Å². The molecule has 0 atom stereocenters. The van der Waals surface area contributed by atoms with Crippen molar-refractivity contribution in [1.82, 2.24) is 14.3 Å². The fourth-order valence-corrected chi connectivity index (χ4v) is 4.80. The van der Waals surface area contributed by atoms with Crippen LogP contribution in [0, 0.1) is 6.92 Å². The third-order valence-corrected chi connectivity index (χ3v) is 6.52. The maximum Gasteiger partial charge on any atom is 0.297 e. The molecule has 0 saturated carbocycles. The van der Waals surface area contributed by atoms with Gasteiger partial charge in [0.2, 0.25) is 0 Å². The summed E-state index contributed by atoms with van der Waals surface area (Å²) in [5.41, 5.74) is 1.99. The van der Waals surface area contributed by atoms with Gasteiger partial charge in [-0.2, -0.15) is 10.1 Å². The van der Waals surface area contributed by atoms with Crippen molar-refractivity contribution >= 4 is 37.3 Å². The quantitative estimate of drug-likeness (QED) is 0.530. The van der Waals surface area contributed by atoms with Crippen LogP contribution in [-0.4, -0.2) is 48.1 Å². The van der Waals surface area contributed by atoms with Gasteiger partial charge in [0.05, 0.1) is 27.4 Å². The van der Waals surface area contributed by atoms with E-state index in [1.165, 1.54) is 17.6 Å². The predicted molar refractivity (Wildman–Crippen MR) is 112 cm³/mol. The van der Waals surface area contributed by atoms with Gasteiger partial charge in [-0.15, -0.1) is 0 Å². The summed E-state index contributed by atoms with van der Waals surface area (Å²) in [5.74, 6) is -0.382. The molecule has 2 heterocycles. The Kier molecular flexibility index (Phi) is 6.35. The van der Waals surface area contributed by atoms with Gasteiger partial charge in [0.25, 0.3) is 5.91 Å². The molecule has 8 nitrogen and oxygen atoms in total. The lowest BCUT2D eigenvalue weighted by molar-refractivity contribution is 0.0986. The van der Waals surface area contributed by atoms with Crippen LogP contribution in [0.25, 0.3) is 10.2 Å². The van der Waals surface area contributed by atoms with E-state index in [1.54, 1.807) is 28.9 Å². The van der Waals surface area contributed by atoms with E-state index in [0.29, 0.717) is 36.8 Å². The van der Waals surface area contributed by atoms with Crippen LogP contribution in [0.2, 0.25) is 0 Å². The second-order valence-corrected chi connectivity index (χ2v) is 9.56. The number of ether oxygens (including phenoxy) is 1. The molecule has 0 aliphatic carbocycles. The number of fused-ring (bicyclic) bond motifs is 1. The first kappa shape index (κ1) is 21.4. The number of sulfone groups is 1. The van der Waals surface area contributed by atoms with Gasteiger partial charge in [0.15, 0.2) is 14.6 Å². The van der Waals surface area contributed by atoms with E-state index < -0.39 is 9.84 Å². The van der Waals surface area contributed by atoms with Crippen LogP contribution < -0.4 is 4.80 Å². The maximum absolute atomic E-state index is 12.8. The molecule has 0 bridgehead atoms. The van der Waals surface area contributed by atoms with E-state index in [2.05, 4.69) is 10.1 Å². The van der Waals surface area contributed by atoms with Crippen molar-refractivity contribution < 1.29 is 17.9 Å². The predicted octanol–water partition coefficient (Wildman–Crippen LogP) is 2.41. The molecule has 0 saturated heterocycles. The van der Waals surface area contributed by atoms with Crippen molar-refractivity contribution in [3.63, 3.8) is 0 Å². The summed E-state index contributed by atoms with van der Waals surface area (Å²) in [7, 11) is -3.33. The highest BCUT2D eigenvalue weighted by Crippen LogP contribution is 2.22. The molecule has 0 aliphatic rings. The number of thiazole rings is 1. The summed E-state index contributed by atoms with van der Waals surface area (Å²) in [6, 6.07) is 6.66. The molecule has 0 N–H and O–H groups in total. The summed E-state index contributed by atoms with van der Waals surface area (Å²) >= 11 is 1.28. The Labute approximate surface area is 173 Å². The summed E-state index contributed by atoms with van der Waals surface area (Å²) in [6.45, 7) is 7.78. The van der Waals surface area contributed by atoms with Crippen molar-refractivity contribution in [1.29, 1.82) is 0 Å². The SMILES string of the molecule is CCOCCn1c(=NC(=O)c2cc(C)nn2CC)sc2cc(S(C)(=O)=O)ccc21. The third-order valence-electron chi connectivity index (χ3n) is 4.36. The number of aryl methyl sites for hydroxylation is 2. The molecule has 0 unspecified atom stereocenters. The first-order chi connectivity index (χ1) is 13.7.